The Morgan fingerprint density at radius 1 is 1.21 bits per heavy atom. The van der Waals surface area contributed by atoms with Crippen LogP contribution in [0, 0.1) is 12.7 Å². The quantitative estimate of drug-likeness (QED) is 0.579. The standard InChI is InChI=1S/C24H26FN3O4S2/c1-4-26-23(32)27-21-19(13(2)20(33-21)14(3)29)22(31)28-9-7-24(8-10-28)12-17(30)16-11-15(25)5-6-18(16)34-24/h5-6,11H,4,7-10,12H2,1-3H3,(H2,26,27,32). The Hall–Kier alpha value is -2.72. The van der Waals surface area contributed by atoms with Gasteiger partial charge in [0.2, 0.25) is 0 Å². The summed E-state index contributed by atoms with van der Waals surface area (Å²) in [4.78, 5) is 53.4. The van der Waals surface area contributed by atoms with Gasteiger partial charge in [0.05, 0.1) is 10.4 Å². The molecule has 4 rings (SSSR count). The number of fused-ring (bicyclic) bond motifs is 1. The third kappa shape index (κ3) is 4.61. The molecule has 10 heteroatoms. The van der Waals surface area contributed by atoms with Gasteiger partial charge in [-0.05, 0) is 57.4 Å². The summed E-state index contributed by atoms with van der Waals surface area (Å²) >= 11 is 2.70. The number of halogens is 1. The van der Waals surface area contributed by atoms with E-state index in [1.165, 1.54) is 19.1 Å². The van der Waals surface area contributed by atoms with Crippen molar-refractivity contribution in [3.05, 3.63) is 45.6 Å². The van der Waals surface area contributed by atoms with Crippen LogP contribution in [0.2, 0.25) is 0 Å². The minimum absolute atomic E-state index is 0.0683. The van der Waals surface area contributed by atoms with E-state index in [0.717, 1.165) is 16.2 Å². The molecule has 0 unspecified atom stereocenters. The van der Waals surface area contributed by atoms with Crippen LogP contribution < -0.4 is 10.6 Å². The maximum atomic E-state index is 13.6. The molecule has 3 amide bonds. The summed E-state index contributed by atoms with van der Waals surface area (Å²) in [5, 5.41) is 5.71. The van der Waals surface area contributed by atoms with Crippen molar-refractivity contribution >= 4 is 51.6 Å². The van der Waals surface area contributed by atoms with Gasteiger partial charge in [0.1, 0.15) is 10.8 Å². The monoisotopic (exact) mass is 503 g/mol. The number of piperidine rings is 1. The number of anilines is 1. The van der Waals surface area contributed by atoms with Gasteiger partial charge in [-0.3, -0.25) is 19.7 Å². The van der Waals surface area contributed by atoms with Gasteiger partial charge < -0.3 is 10.2 Å². The average molecular weight is 504 g/mol. The van der Waals surface area contributed by atoms with Gasteiger partial charge in [-0.2, -0.15) is 0 Å². The Morgan fingerprint density at radius 3 is 2.56 bits per heavy atom. The minimum atomic E-state index is -0.433. The van der Waals surface area contributed by atoms with Crippen LogP contribution in [0.3, 0.4) is 0 Å². The van der Waals surface area contributed by atoms with E-state index >= 15 is 0 Å². The number of ketones is 2. The van der Waals surface area contributed by atoms with Crippen molar-refractivity contribution in [3.8, 4) is 0 Å². The van der Waals surface area contributed by atoms with Gasteiger partial charge in [-0.1, -0.05) is 0 Å². The highest BCUT2D eigenvalue weighted by Gasteiger charge is 2.43. The topological polar surface area (TPSA) is 95.6 Å². The summed E-state index contributed by atoms with van der Waals surface area (Å²) in [5.74, 6) is -0.888. The number of hydrogen-bond acceptors (Lipinski definition) is 6. The fourth-order valence-corrected chi connectivity index (χ4v) is 7.09. The van der Waals surface area contributed by atoms with Gasteiger partial charge in [0.25, 0.3) is 5.91 Å². The summed E-state index contributed by atoms with van der Waals surface area (Å²) in [6, 6.07) is 3.89. The van der Waals surface area contributed by atoms with Crippen LogP contribution in [-0.4, -0.2) is 52.8 Å². The number of benzene rings is 1. The van der Waals surface area contributed by atoms with E-state index in [4.69, 9.17) is 0 Å². The van der Waals surface area contributed by atoms with Crippen molar-refractivity contribution in [1.29, 1.82) is 0 Å². The SMILES string of the molecule is CCNC(=O)Nc1sc(C(C)=O)c(C)c1C(=O)N1CCC2(CC1)CC(=O)c1cc(F)ccc1S2. The predicted molar refractivity (Wildman–Crippen MR) is 131 cm³/mol. The fourth-order valence-electron chi connectivity index (χ4n) is 4.52. The fraction of sp³-hybridized carbons (Fsp3) is 0.417. The number of carbonyl (C=O) groups excluding carboxylic acids is 4. The minimum Gasteiger partial charge on any atom is -0.338 e. The van der Waals surface area contributed by atoms with Crippen LogP contribution in [0.25, 0.3) is 0 Å². The van der Waals surface area contributed by atoms with Gasteiger partial charge >= 0.3 is 6.03 Å². The molecule has 1 saturated heterocycles. The number of carbonyl (C=O) groups is 4. The van der Waals surface area contributed by atoms with E-state index in [-0.39, 0.29) is 22.2 Å². The first kappa shape index (κ1) is 24.4. The number of thioether (sulfide) groups is 1. The molecular formula is C24H26FN3O4S2. The largest absolute Gasteiger partial charge is 0.338 e. The summed E-state index contributed by atoms with van der Waals surface area (Å²) < 4.78 is 13.3. The first-order chi connectivity index (χ1) is 16.1. The summed E-state index contributed by atoms with van der Waals surface area (Å²) in [7, 11) is 0. The summed E-state index contributed by atoms with van der Waals surface area (Å²) in [6.07, 6.45) is 1.55. The molecule has 0 atom stereocenters. The van der Waals surface area contributed by atoms with E-state index in [9.17, 15) is 23.6 Å². The number of hydrogen-bond donors (Lipinski definition) is 2. The summed E-state index contributed by atoms with van der Waals surface area (Å²) in [5.41, 5.74) is 1.33. The van der Waals surface area contributed by atoms with Crippen molar-refractivity contribution < 1.29 is 23.6 Å². The van der Waals surface area contributed by atoms with Crippen LogP contribution in [0.1, 0.15) is 69.1 Å². The highest BCUT2D eigenvalue weighted by Crippen LogP contribution is 2.49. The van der Waals surface area contributed by atoms with Crippen LogP contribution >= 0.6 is 23.1 Å². The molecule has 1 fully saturated rings. The Labute approximate surface area is 205 Å². The van der Waals surface area contributed by atoms with E-state index in [1.807, 2.05) is 0 Å². The molecule has 2 aliphatic rings. The Balaban J connectivity index is 1.54. The molecule has 1 aromatic heterocycles. The zero-order valence-electron chi connectivity index (χ0n) is 19.2. The van der Waals surface area contributed by atoms with Crippen molar-refractivity contribution in [3.63, 3.8) is 0 Å². The first-order valence-corrected chi connectivity index (χ1v) is 12.8. The van der Waals surface area contributed by atoms with E-state index < -0.39 is 11.8 Å². The van der Waals surface area contributed by atoms with Crippen LogP contribution in [0.4, 0.5) is 14.2 Å². The van der Waals surface area contributed by atoms with Crippen molar-refractivity contribution in [2.24, 2.45) is 0 Å². The lowest BCUT2D eigenvalue weighted by atomic mass is 9.87. The molecule has 2 N–H and O–H groups in total. The molecule has 0 saturated carbocycles. The number of nitrogens with zero attached hydrogens (tertiary/aromatic N) is 1. The second-order valence-electron chi connectivity index (χ2n) is 8.62. The smallest absolute Gasteiger partial charge is 0.319 e. The zero-order valence-corrected chi connectivity index (χ0v) is 20.9. The number of thiophene rings is 1. The normalized spacial score (nSPS) is 16.8. The third-order valence-electron chi connectivity index (χ3n) is 6.26. The van der Waals surface area contributed by atoms with E-state index in [1.54, 1.807) is 36.6 Å². The highest BCUT2D eigenvalue weighted by molar-refractivity contribution is 8.01. The molecule has 3 heterocycles. The predicted octanol–water partition coefficient (Wildman–Crippen LogP) is 4.89. The molecule has 1 spiro atoms. The third-order valence-corrected chi connectivity index (χ3v) is 9.13. The maximum Gasteiger partial charge on any atom is 0.319 e. The molecule has 2 aromatic rings. The number of likely N-dealkylation sites (tertiary alicyclic amines) is 1. The number of rotatable bonds is 4. The molecule has 0 bridgehead atoms. The van der Waals surface area contributed by atoms with Gasteiger partial charge in [-0.15, -0.1) is 23.1 Å². The maximum absolute atomic E-state index is 13.6. The molecule has 0 aliphatic carbocycles. The molecule has 34 heavy (non-hydrogen) atoms. The first-order valence-electron chi connectivity index (χ1n) is 11.1. The van der Waals surface area contributed by atoms with Crippen molar-refractivity contribution in [1.82, 2.24) is 10.2 Å². The van der Waals surface area contributed by atoms with Gasteiger partial charge in [-0.25, -0.2) is 9.18 Å². The lowest BCUT2D eigenvalue weighted by molar-refractivity contribution is 0.0697. The van der Waals surface area contributed by atoms with E-state index in [0.29, 0.717) is 65.5 Å². The van der Waals surface area contributed by atoms with Crippen LogP contribution in [0.15, 0.2) is 23.1 Å². The lowest BCUT2D eigenvalue weighted by Crippen LogP contribution is -2.47. The van der Waals surface area contributed by atoms with Gasteiger partial charge in [0, 0.05) is 41.3 Å². The summed E-state index contributed by atoms with van der Waals surface area (Å²) in [6.45, 7) is 6.27. The molecule has 180 valence electrons. The van der Waals surface area contributed by atoms with E-state index in [2.05, 4.69) is 10.6 Å². The van der Waals surface area contributed by atoms with Crippen LogP contribution in [0.5, 0.6) is 0 Å². The van der Waals surface area contributed by atoms with Crippen molar-refractivity contribution in [2.75, 3.05) is 25.0 Å². The zero-order chi connectivity index (χ0) is 24.6. The second kappa shape index (κ2) is 9.50. The van der Waals surface area contributed by atoms with Crippen molar-refractivity contribution in [2.45, 2.75) is 49.7 Å². The number of amides is 3. The Bertz CT molecular complexity index is 1190. The molecular weight excluding hydrogens is 477 g/mol. The number of Topliss-reactive ketones (excluding diaryl/α,β-unsaturated/α-hetero) is 2. The highest BCUT2D eigenvalue weighted by atomic mass is 32.2. The number of nitrogens with one attached hydrogen (secondary N) is 2. The average Bonchev–Trinajstić information content (AvgIpc) is 3.10. The number of urea groups is 1. The van der Waals surface area contributed by atoms with Crippen LogP contribution in [-0.2, 0) is 0 Å². The lowest BCUT2D eigenvalue weighted by Gasteiger charge is -2.43. The Kier molecular flexibility index (Phi) is 6.82. The Morgan fingerprint density at radius 2 is 1.91 bits per heavy atom. The van der Waals surface area contributed by atoms with Gasteiger partial charge in [0.15, 0.2) is 11.6 Å². The molecule has 7 nitrogen and oxygen atoms in total. The molecule has 0 radical (unpaired) electrons. The molecule has 2 aliphatic heterocycles. The molecule has 1 aromatic carbocycles. The second-order valence-corrected chi connectivity index (χ2v) is 11.1.